The third-order valence-corrected chi connectivity index (χ3v) is 8.71. The van der Waals surface area contributed by atoms with E-state index in [1.807, 2.05) is 13.8 Å². The van der Waals surface area contributed by atoms with Crippen LogP contribution in [0.25, 0.3) is 33.2 Å². The summed E-state index contributed by atoms with van der Waals surface area (Å²) in [5, 5.41) is 2.51. The van der Waals surface area contributed by atoms with Gasteiger partial charge in [-0.25, -0.2) is 4.98 Å². The SMILES string of the molecule is CC(C)N=C(N)c1ccc2c(c1)nc(-c1ccc3c(c1)C(C)(C)CCC3(C)C)n2Cc1ccc2ccccc2c1. The van der Waals surface area contributed by atoms with Crippen molar-refractivity contribution in [2.75, 3.05) is 0 Å². The van der Waals surface area contributed by atoms with Crippen LogP contribution in [0.1, 0.15) is 76.6 Å². The highest BCUT2D eigenvalue weighted by Crippen LogP contribution is 2.47. The standard InChI is InChI=1S/C36H40N4/c1-23(2)38-33(37)27-14-16-32-31(21-27)39-34(40(32)22-24-11-12-25-9-7-8-10-26(25)19-24)28-13-15-29-30(20-28)36(5,6)18-17-35(29,3)4/h7-16,19-21,23H,17-18,22H2,1-6H3,(H2,37,38). The number of rotatable bonds is 5. The number of aliphatic imine (C=N–C) groups is 1. The van der Waals surface area contributed by atoms with Crippen molar-refractivity contribution in [1.82, 2.24) is 9.55 Å². The van der Waals surface area contributed by atoms with Gasteiger partial charge in [0, 0.05) is 23.7 Å². The van der Waals surface area contributed by atoms with Gasteiger partial charge in [0.1, 0.15) is 11.7 Å². The lowest BCUT2D eigenvalue weighted by molar-refractivity contribution is 0.332. The van der Waals surface area contributed by atoms with Gasteiger partial charge in [0.25, 0.3) is 0 Å². The van der Waals surface area contributed by atoms with Crippen molar-refractivity contribution >= 4 is 27.6 Å². The van der Waals surface area contributed by atoms with Crippen LogP contribution < -0.4 is 5.73 Å². The Balaban J connectivity index is 1.53. The first kappa shape index (κ1) is 26.3. The molecule has 0 amide bonds. The van der Waals surface area contributed by atoms with Gasteiger partial charge in [-0.05, 0) is 95.3 Å². The lowest BCUT2D eigenvalue weighted by Crippen LogP contribution is -2.33. The number of nitrogens with two attached hydrogens (primary N) is 1. The molecule has 0 fully saturated rings. The second-order valence-corrected chi connectivity index (χ2v) is 13.0. The van der Waals surface area contributed by atoms with E-state index < -0.39 is 0 Å². The summed E-state index contributed by atoms with van der Waals surface area (Å²) < 4.78 is 2.36. The van der Waals surface area contributed by atoms with Crippen LogP contribution in [0.5, 0.6) is 0 Å². The molecular weight excluding hydrogens is 488 g/mol. The summed E-state index contributed by atoms with van der Waals surface area (Å²) in [7, 11) is 0. The highest BCUT2D eigenvalue weighted by molar-refractivity contribution is 6.00. The van der Waals surface area contributed by atoms with Crippen LogP contribution in [-0.2, 0) is 17.4 Å². The van der Waals surface area contributed by atoms with Crippen LogP contribution in [0.4, 0.5) is 0 Å². The van der Waals surface area contributed by atoms with E-state index in [0.29, 0.717) is 5.84 Å². The molecule has 1 aliphatic carbocycles. The minimum Gasteiger partial charge on any atom is -0.383 e. The first-order valence-electron chi connectivity index (χ1n) is 14.5. The molecule has 40 heavy (non-hydrogen) atoms. The molecule has 0 radical (unpaired) electrons. The molecule has 0 saturated carbocycles. The molecule has 0 aliphatic heterocycles. The minimum atomic E-state index is 0.130. The molecule has 1 aliphatic rings. The Morgan fingerprint density at radius 2 is 1.57 bits per heavy atom. The number of benzene rings is 4. The van der Waals surface area contributed by atoms with E-state index in [-0.39, 0.29) is 16.9 Å². The smallest absolute Gasteiger partial charge is 0.141 e. The lowest BCUT2D eigenvalue weighted by Gasteiger charge is -2.42. The van der Waals surface area contributed by atoms with E-state index in [9.17, 15) is 0 Å². The molecule has 0 spiro atoms. The zero-order valence-corrected chi connectivity index (χ0v) is 24.6. The maximum absolute atomic E-state index is 6.37. The Morgan fingerprint density at radius 1 is 0.850 bits per heavy atom. The number of nitrogens with zero attached hydrogens (tertiary/aromatic N) is 3. The van der Waals surface area contributed by atoms with Gasteiger partial charge < -0.3 is 10.3 Å². The fourth-order valence-corrected chi connectivity index (χ4v) is 6.27. The van der Waals surface area contributed by atoms with Gasteiger partial charge in [-0.2, -0.15) is 0 Å². The first-order valence-corrected chi connectivity index (χ1v) is 14.5. The molecule has 4 aromatic carbocycles. The minimum absolute atomic E-state index is 0.130. The third kappa shape index (κ3) is 4.70. The maximum Gasteiger partial charge on any atom is 0.141 e. The molecule has 4 heteroatoms. The Labute approximate surface area is 238 Å². The maximum atomic E-state index is 6.37. The molecule has 0 bridgehead atoms. The number of fused-ring (bicyclic) bond motifs is 3. The number of hydrogen-bond donors (Lipinski definition) is 1. The normalized spacial score (nSPS) is 16.5. The molecule has 0 atom stereocenters. The molecule has 2 N–H and O–H groups in total. The second-order valence-electron chi connectivity index (χ2n) is 13.0. The summed E-state index contributed by atoms with van der Waals surface area (Å²) >= 11 is 0. The molecule has 5 aromatic rings. The van der Waals surface area contributed by atoms with Crippen LogP contribution in [-0.4, -0.2) is 21.4 Å². The van der Waals surface area contributed by atoms with Crippen molar-refractivity contribution < 1.29 is 0 Å². The first-order chi connectivity index (χ1) is 19.0. The van der Waals surface area contributed by atoms with E-state index in [1.54, 1.807) is 0 Å². The molecule has 0 unspecified atom stereocenters. The van der Waals surface area contributed by atoms with Gasteiger partial charge in [-0.1, -0.05) is 76.2 Å². The van der Waals surface area contributed by atoms with Crippen LogP contribution in [0.15, 0.2) is 83.9 Å². The second kappa shape index (κ2) is 9.62. The van der Waals surface area contributed by atoms with Gasteiger partial charge in [0.2, 0.25) is 0 Å². The van der Waals surface area contributed by atoms with Crippen molar-refractivity contribution in [3.63, 3.8) is 0 Å². The van der Waals surface area contributed by atoms with E-state index in [1.165, 1.54) is 40.3 Å². The zero-order chi connectivity index (χ0) is 28.2. The molecule has 6 rings (SSSR count). The average molecular weight is 529 g/mol. The molecule has 1 aromatic heterocycles. The molecular formula is C36H40N4. The summed E-state index contributed by atoms with van der Waals surface area (Å²) in [6, 6.07) is 28.8. The molecule has 0 saturated heterocycles. The predicted molar refractivity (Wildman–Crippen MR) is 169 cm³/mol. The van der Waals surface area contributed by atoms with Crippen LogP contribution in [0.2, 0.25) is 0 Å². The molecule has 4 nitrogen and oxygen atoms in total. The Bertz CT molecular complexity index is 1770. The summed E-state index contributed by atoms with van der Waals surface area (Å²) in [6.07, 6.45) is 2.39. The largest absolute Gasteiger partial charge is 0.383 e. The predicted octanol–water partition coefficient (Wildman–Crippen LogP) is 8.37. The Kier molecular flexibility index (Phi) is 6.33. The van der Waals surface area contributed by atoms with E-state index in [4.69, 9.17) is 10.7 Å². The van der Waals surface area contributed by atoms with Crippen molar-refractivity contribution in [3.8, 4) is 11.4 Å². The highest BCUT2D eigenvalue weighted by atomic mass is 15.1. The van der Waals surface area contributed by atoms with Crippen LogP contribution in [0, 0.1) is 0 Å². The van der Waals surface area contributed by atoms with Crippen molar-refractivity contribution in [2.24, 2.45) is 10.7 Å². The average Bonchev–Trinajstić information content (AvgIpc) is 3.28. The van der Waals surface area contributed by atoms with E-state index in [2.05, 4.69) is 116 Å². The number of amidine groups is 1. The monoisotopic (exact) mass is 528 g/mol. The molecule has 204 valence electrons. The van der Waals surface area contributed by atoms with Gasteiger partial charge in [-0.15, -0.1) is 0 Å². The van der Waals surface area contributed by atoms with Gasteiger partial charge in [-0.3, -0.25) is 4.99 Å². The van der Waals surface area contributed by atoms with Crippen LogP contribution >= 0.6 is 0 Å². The summed E-state index contributed by atoms with van der Waals surface area (Å²) in [4.78, 5) is 9.83. The highest BCUT2D eigenvalue weighted by Gasteiger charge is 2.37. The fourth-order valence-electron chi connectivity index (χ4n) is 6.27. The lowest BCUT2D eigenvalue weighted by atomic mass is 9.63. The van der Waals surface area contributed by atoms with Crippen molar-refractivity contribution in [3.05, 3.63) is 101 Å². The summed E-state index contributed by atoms with van der Waals surface area (Å²) in [5.41, 5.74) is 14.9. The summed E-state index contributed by atoms with van der Waals surface area (Å²) in [5.74, 6) is 1.54. The quantitative estimate of drug-likeness (QED) is 0.184. The van der Waals surface area contributed by atoms with E-state index in [0.717, 1.165) is 34.5 Å². The number of aromatic nitrogens is 2. The summed E-state index contributed by atoms with van der Waals surface area (Å²) in [6.45, 7) is 14.3. The Hall–Kier alpha value is -3.92. The number of imidazole rings is 1. The Morgan fingerprint density at radius 3 is 2.33 bits per heavy atom. The van der Waals surface area contributed by atoms with E-state index >= 15 is 0 Å². The van der Waals surface area contributed by atoms with Crippen molar-refractivity contribution in [2.45, 2.75) is 77.8 Å². The van der Waals surface area contributed by atoms with Crippen molar-refractivity contribution in [1.29, 1.82) is 0 Å². The van der Waals surface area contributed by atoms with Gasteiger partial charge >= 0.3 is 0 Å². The third-order valence-electron chi connectivity index (χ3n) is 8.71. The van der Waals surface area contributed by atoms with Gasteiger partial charge in [0.15, 0.2) is 0 Å². The zero-order valence-electron chi connectivity index (χ0n) is 24.6. The number of hydrogen-bond acceptors (Lipinski definition) is 2. The van der Waals surface area contributed by atoms with Gasteiger partial charge in [0.05, 0.1) is 11.0 Å². The topological polar surface area (TPSA) is 56.2 Å². The molecule has 1 heterocycles. The fraction of sp³-hybridized carbons (Fsp3) is 0.333. The van der Waals surface area contributed by atoms with Crippen LogP contribution in [0.3, 0.4) is 0 Å².